The highest BCUT2D eigenvalue weighted by atomic mass is 19.1. The number of piperidine rings is 1. The predicted molar refractivity (Wildman–Crippen MR) is 90.8 cm³/mol. The number of hydrogen-bond acceptors (Lipinski definition) is 5. The number of aromatic nitrogens is 3. The largest absolute Gasteiger partial charge is 0.466 e. The fraction of sp³-hybridized carbons (Fsp3) is 0.444. The summed E-state index contributed by atoms with van der Waals surface area (Å²) in [5, 5.41) is 7.82. The van der Waals surface area contributed by atoms with Gasteiger partial charge in [0.1, 0.15) is 5.82 Å². The summed E-state index contributed by atoms with van der Waals surface area (Å²) >= 11 is 0. The molecule has 1 unspecified atom stereocenters. The molecule has 1 aliphatic rings. The number of hydrogen-bond donors (Lipinski definition) is 0. The molecule has 2 heterocycles. The SMILES string of the molecule is CCOC(=O)C1CCCN(C(=O)c2cn(Cc3ccccc3F)nn2)C1. The Labute approximate surface area is 150 Å². The van der Waals surface area contributed by atoms with Crippen LogP contribution in [0.15, 0.2) is 30.5 Å². The number of rotatable bonds is 5. The maximum Gasteiger partial charge on any atom is 0.310 e. The van der Waals surface area contributed by atoms with Crippen LogP contribution in [0, 0.1) is 11.7 Å². The van der Waals surface area contributed by atoms with E-state index in [1.54, 1.807) is 30.0 Å². The van der Waals surface area contributed by atoms with Crippen LogP contribution < -0.4 is 0 Å². The Morgan fingerprint density at radius 3 is 2.92 bits per heavy atom. The number of carbonyl (C=O) groups is 2. The van der Waals surface area contributed by atoms with Crippen molar-refractivity contribution in [2.45, 2.75) is 26.3 Å². The first-order chi connectivity index (χ1) is 12.6. The third-order valence-corrected chi connectivity index (χ3v) is 4.38. The summed E-state index contributed by atoms with van der Waals surface area (Å²) in [5.74, 6) is -1.18. The first-order valence-corrected chi connectivity index (χ1v) is 8.68. The third-order valence-electron chi connectivity index (χ3n) is 4.38. The Balaban J connectivity index is 1.66. The predicted octanol–water partition coefficient (Wildman–Crippen LogP) is 1.88. The number of esters is 1. The van der Waals surface area contributed by atoms with Crippen molar-refractivity contribution in [3.8, 4) is 0 Å². The lowest BCUT2D eigenvalue weighted by Gasteiger charge is -2.30. The Bertz CT molecular complexity index is 792. The monoisotopic (exact) mass is 360 g/mol. The quantitative estimate of drug-likeness (QED) is 0.761. The molecule has 1 fully saturated rings. The summed E-state index contributed by atoms with van der Waals surface area (Å²) in [6.07, 6.45) is 2.95. The molecule has 1 atom stereocenters. The lowest BCUT2D eigenvalue weighted by molar-refractivity contribution is -0.149. The van der Waals surface area contributed by atoms with Crippen molar-refractivity contribution in [3.63, 3.8) is 0 Å². The molecule has 8 heteroatoms. The van der Waals surface area contributed by atoms with Gasteiger partial charge in [0.15, 0.2) is 5.69 Å². The average Bonchev–Trinajstić information content (AvgIpc) is 3.12. The van der Waals surface area contributed by atoms with Crippen LogP contribution in [-0.4, -0.2) is 51.5 Å². The summed E-state index contributed by atoms with van der Waals surface area (Å²) < 4.78 is 20.2. The fourth-order valence-corrected chi connectivity index (χ4v) is 3.05. The number of nitrogens with zero attached hydrogens (tertiary/aromatic N) is 4. The summed E-state index contributed by atoms with van der Waals surface area (Å²) in [5.41, 5.74) is 0.655. The van der Waals surface area contributed by atoms with Crippen LogP contribution in [0.3, 0.4) is 0 Å². The zero-order valence-electron chi connectivity index (χ0n) is 14.6. The maximum absolute atomic E-state index is 13.7. The van der Waals surface area contributed by atoms with Gasteiger partial charge in [-0.15, -0.1) is 5.10 Å². The van der Waals surface area contributed by atoms with Gasteiger partial charge in [-0.25, -0.2) is 9.07 Å². The van der Waals surface area contributed by atoms with E-state index in [-0.39, 0.29) is 35.9 Å². The van der Waals surface area contributed by atoms with Gasteiger partial charge in [0.2, 0.25) is 0 Å². The molecule has 7 nitrogen and oxygen atoms in total. The van der Waals surface area contributed by atoms with E-state index in [2.05, 4.69) is 10.3 Å². The molecule has 1 aromatic heterocycles. The first-order valence-electron chi connectivity index (χ1n) is 8.68. The van der Waals surface area contributed by atoms with Crippen molar-refractivity contribution in [3.05, 3.63) is 47.5 Å². The second-order valence-corrected chi connectivity index (χ2v) is 6.24. The highest BCUT2D eigenvalue weighted by Crippen LogP contribution is 2.19. The summed E-state index contributed by atoms with van der Waals surface area (Å²) in [7, 11) is 0. The zero-order chi connectivity index (χ0) is 18.5. The molecule has 138 valence electrons. The smallest absolute Gasteiger partial charge is 0.310 e. The number of likely N-dealkylation sites (tertiary alicyclic amines) is 1. The minimum Gasteiger partial charge on any atom is -0.466 e. The van der Waals surface area contributed by atoms with Crippen molar-refractivity contribution >= 4 is 11.9 Å². The molecule has 1 saturated heterocycles. The average molecular weight is 360 g/mol. The molecule has 0 N–H and O–H groups in total. The van der Waals surface area contributed by atoms with Crippen molar-refractivity contribution in [2.24, 2.45) is 5.92 Å². The minimum atomic E-state index is -0.329. The van der Waals surface area contributed by atoms with Gasteiger partial charge < -0.3 is 9.64 Å². The number of amides is 1. The number of carbonyl (C=O) groups excluding carboxylic acids is 2. The molecule has 1 aromatic carbocycles. The molecule has 26 heavy (non-hydrogen) atoms. The molecular formula is C18H21FN4O3. The molecule has 0 bridgehead atoms. The van der Waals surface area contributed by atoms with Crippen molar-refractivity contribution < 1.29 is 18.7 Å². The normalized spacial score (nSPS) is 17.2. The van der Waals surface area contributed by atoms with Gasteiger partial charge >= 0.3 is 5.97 Å². The molecule has 0 spiro atoms. The lowest BCUT2D eigenvalue weighted by Crippen LogP contribution is -2.43. The third kappa shape index (κ3) is 4.07. The Kier molecular flexibility index (Phi) is 5.60. The van der Waals surface area contributed by atoms with Crippen LogP contribution in [0.2, 0.25) is 0 Å². The minimum absolute atomic E-state index is 0.186. The number of halogens is 1. The van der Waals surface area contributed by atoms with E-state index in [0.29, 0.717) is 31.7 Å². The van der Waals surface area contributed by atoms with Crippen molar-refractivity contribution in [1.82, 2.24) is 19.9 Å². The summed E-state index contributed by atoms with van der Waals surface area (Å²) in [4.78, 5) is 26.2. The summed E-state index contributed by atoms with van der Waals surface area (Å²) in [6.45, 7) is 3.16. The van der Waals surface area contributed by atoms with E-state index in [9.17, 15) is 14.0 Å². The molecular weight excluding hydrogens is 339 g/mol. The topological polar surface area (TPSA) is 77.3 Å². The zero-order valence-corrected chi connectivity index (χ0v) is 14.6. The van der Waals surface area contributed by atoms with Gasteiger partial charge in [-0.3, -0.25) is 9.59 Å². The van der Waals surface area contributed by atoms with Crippen LogP contribution >= 0.6 is 0 Å². The molecule has 1 amide bonds. The highest BCUT2D eigenvalue weighted by molar-refractivity contribution is 5.92. The van der Waals surface area contributed by atoms with Gasteiger partial charge in [-0.05, 0) is 25.8 Å². The second kappa shape index (κ2) is 8.07. The van der Waals surface area contributed by atoms with Crippen LogP contribution in [0.5, 0.6) is 0 Å². The molecule has 0 saturated carbocycles. The Morgan fingerprint density at radius 1 is 1.35 bits per heavy atom. The Hall–Kier alpha value is -2.77. The van der Waals surface area contributed by atoms with Gasteiger partial charge in [-0.1, -0.05) is 23.4 Å². The van der Waals surface area contributed by atoms with E-state index in [0.717, 1.165) is 6.42 Å². The maximum atomic E-state index is 13.7. The van der Waals surface area contributed by atoms with E-state index in [1.165, 1.54) is 16.9 Å². The number of ether oxygens (including phenoxy) is 1. The van der Waals surface area contributed by atoms with Crippen LogP contribution in [0.4, 0.5) is 4.39 Å². The van der Waals surface area contributed by atoms with Crippen LogP contribution in [0.1, 0.15) is 35.8 Å². The molecule has 1 aliphatic heterocycles. The highest BCUT2D eigenvalue weighted by Gasteiger charge is 2.30. The van der Waals surface area contributed by atoms with Crippen molar-refractivity contribution in [1.29, 1.82) is 0 Å². The van der Waals surface area contributed by atoms with Gasteiger partial charge in [0, 0.05) is 18.7 Å². The van der Waals surface area contributed by atoms with Gasteiger partial charge in [-0.2, -0.15) is 0 Å². The number of benzene rings is 1. The molecule has 3 rings (SSSR count). The van der Waals surface area contributed by atoms with E-state index < -0.39 is 0 Å². The van der Waals surface area contributed by atoms with Crippen LogP contribution in [-0.2, 0) is 16.1 Å². The molecule has 0 aliphatic carbocycles. The van der Waals surface area contributed by atoms with E-state index >= 15 is 0 Å². The van der Waals surface area contributed by atoms with Gasteiger partial charge in [0.25, 0.3) is 5.91 Å². The Morgan fingerprint density at radius 2 is 2.15 bits per heavy atom. The molecule has 2 aromatic rings. The summed E-state index contributed by atoms with van der Waals surface area (Å²) in [6, 6.07) is 6.39. The molecule has 0 radical (unpaired) electrons. The van der Waals surface area contributed by atoms with Gasteiger partial charge in [0.05, 0.1) is 25.3 Å². The van der Waals surface area contributed by atoms with Crippen LogP contribution in [0.25, 0.3) is 0 Å². The van der Waals surface area contributed by atoms with E-state index in [4.69, 9.17) is 4.74 Å². The first kappa shape index (κ1) is 18.0. The van der Waals surface area contributed by atoms with Crippen molar-refractivity contribution in [2.75, 3.05) is 19.7 Å². The van der Waals surface area contributed by atoms with E-state index in [1.807, 2.05) is 0 Å². The second-order valence-electron chi connectivity index (χ2n) is 6.24. The standard InChI is InChI=1S/C18H21FN4O3/c1-2-26-18(25)14-7-5-9-22(10-14)17(24)16-12-23(21-20-16)11-13-6-3-4-8-15(13)19/h3-4,6,8,12,14H,2,5,7,9-11H2,1H3. The lowest BCUT2D eigenvalue weighted by atomic mass is 9.98. The fourth-order valence-electron chi connectivity index (χ4n) is 3.05.